The number of piperidine rings is 2. The predicted molar refractivity (Wildman–Crippen MR) is 101 cm³/mol. The molecular formula is C17H29N3O3S2. The number of hydrogen-bond donors (Lipinski definition) is 0. The summed E-state index contributed by atoms with van der Waals surface area (Å²) in [4.78, 5) is 6.72. The first-order valence-corrected chi connectivity index (χ1v) is 11.9. The van der Waals surface area contributed by atoms with Crippen molar-refractivity contribution in [3.63, 3.8) is 0 Å². The third-order valence-electron chi connectivity index (χ3n) is 5.24. The lowest BCUT2D eigenvalue weighted by Crippen LogP contribution is -2.50. The molecule has 0 bridgehead atoms. The highest BCUT2D eigenvalue weighted by atomic mass is 32.2. The van der Waals surface area contributed by atoms with Gasteiger partial charge < -0.3 is 9.64 Å². The smallest absolute Gasteiger partial charge is 0.273 e. The van der Waals surface area contributed by atoms with Crippen LogP contribution in [-0.4, -0.2) is 66.7 Å². The van der Waals surface area contributed by atoms with E-state index in [4.69, 9.17) is 4.74 Å². The van der Waals surface area contributed by atoms with Crippen molar-refractivity contribution in [2.24, 2.45) is 0 Å². The Bertz CT molecular complexity index is 605. The topological polar surface area (TPSA) is 62.7 Å². The van der Waals surface area contributed by atoms with Gasteiger partial charge in [-0.25, -0.2) is 17.7 Å². The Balaban J connectivity index is 1.42. The zero-order valence-electron chi connectivity index (χ0n) is 15.0. The fraction of sp³-hybridized carbons (Fsp3) is 0.824. The van der Waals surface area contributed by atoms with E-state index in [2.05, 4.69) is 9.88 Å². The highest BCUT2D eigenvalue weighted by Gasteiger charge is 2.32. The Hall–Kier alpha value is -0.700. The molecule has 2 saturated heterocycles. The molecule has 0 unspecified atom stereocenters. The lowest BCUT2D eigenvalue weighted by atomic mass is 10.00. The minimum absolute atomic E-state index is 0.261. The molecule has 0 amide bonds. The molecule has 6 nitrogen and oxygen atoms in total. The van der Waals surface area contributed by atoms with Crippen LogP contribution >= 0.6 is 11.3 Å². The van der Waals surface area contributed by atoms with Gasteiger partial charge >= 0.3 is 0 Å². The average molecular weight is 388 g/mol. The monoisotopic (exact) mass is 387 g/mol. The first kappa shape index (κ1) is 19.1. The summed E-state index contributed by atoms with van der Waals surface area (Å²) in [7, 11) is -3.05. The molecule has 0 atom stereocenters. The van der Waals surface area contributed by atoms with Gasteiger partial charge in [0.05, 0.1) is 5.75 Å². The first-order chi connectivity index (χ1) is 12.1. The molecule has 3 rings (SSSR count). The SMILES string of the molecule is CCCCS(=O)(=O)N1CCC(N2CCC(Oc3nccs3)CC2)CC1. The number of thiazole rings is 1. The van der Waals surface area contributed by atoms with Gasteiger partial charge in [0.1, 0.15) is 6.10 Å². The molecule has 2 aliphatic heterocycles. The van der Waals surface area contributed by atoms with Gasteiger partial charge in [0.2, 0.25) is 10.0 Å². The molecule has 0 N–H and O–H groups in total. The third kappa shape index (κ3) is 5.15. The summed E-state index contributed by atoms with van der Waals surface area (Å²) < 4.78 is 32.3. The minimum Gasteiger partial charge on any atom is -0.467 e. The van der Waals surface area contributed by atoms with E-state index in [0.717, 1.165) is 56.8 Å². The van der Waals surface area contributed by atoms with Gasteiger partial charge in [-0.3, -0.25) is 0 Å². The Morgan fingerprint density at radius 3 is 2.52 bits per heavy atom. The molecule has 2 fully saturated rings. The number of rotatable bonds is 7. The third-order valence-corrected chi connectivity index (χ3v) is 7.86. The molecule has 0 aliphatic carbocycles. The Kier molecular flexibility index (Phi) is 6.71. The minimum atomic E-state index is -3.05. The second-order valence-electron chi connectivity index (χ2n) is 6.95. The van der Waals surface area contributed by atoms with E-state index in [1.165, 1.54) is 0 Å². The van der Waals surface area contributed by atoms with Crippen LogP contribution in [0, 0.1) is 0 Å². The molecule has 0 aromatic carbocycles. The lowest BCUT2D eigenvalue weighted by molar-refractivity contribution is 0.0584. The van der Waals surface area contributed by atoms with Crippen molar-refractivity contribution in [2.45, 2.75) is 57.6 Å². The molecule has 1 aromatic rings. The van der Waals surface area contributed by atoms with Crippen LogP contribution in [0.15, 0.2) is 11.6 Å². The van der Waals surface area contributed by atoms with E-state index in [1.807, 2.05) is 12.3 Å². The summed E-state index contributed by atoms with van der Waals surface area (Å²) in [5.41, 5.74) is 0. The highest BCUT2D eigenvalue weighted by molar-refractivity contribution is 7.89. The van der Waals surface area contributed by atoms with E-state index >= 15 is 0 Å². The van der Waals surface area contributed by atoms with Gasteiger partial charge in [0.15, 0.2) is 0 Å². The summed E-state index contributed by atoms with van der Waals surface area (Å²) in [5, 5.41) is 2.70. The molecular weight excluding hydrogens is 358 g/mol. The number of nitrogens with zero attached hydrogens (tertiary/aromatic N) is 3. The van der Waals surface area contributed by atoms with Gasteiger partial charge in [0.25, 0.3) is 5.19 Å². The second-order valence-corrected chi connectivity index (χ2v) is 9.90. The Morgan fingerprint density at radius 2 is 1.92 bits per heavy atom. The van der Waals surface area contributed by atoms with Crippen LogP contribution in [0.5, 0.6) is 5.19 Å². The molecule has 3 heterocycles. The van der Waals surface area contributed by atoms with Crippen LogP contribution in [0.1, 0.15) is 45.4 Å². The van der Waals surface area contributed by atoms with Gasteiger partial charge in [-0.2, -0.15) is 0 Å². The largest absolute Gasteiger partial charge is 0.467 e. The van der Waals surface area contributed by atoms with Crippen molar-refractivity contribution in [1.82, 2.24) is 14.2 Å². The summed E-state index contributed by atoms with van der Waals surface area (Å²) in [6, 6.07) is 0.512. The van der Waals surface area contributed by atoms with Crippen LogP contribution in [0.25, 0.3) is 0 Å². The molecule has 142 valence electrons. The van der Waals surface area contributed by atoms with Crippen molar-refractivity contribution >= 4 is 21.4 Å². The summed E-state index contributed by atoms with van der Waals surface area (Å²) in [6.07, 6.45) is 7.66. The van der Waals surface area contributed by atoms with Crippen LogP contribution < -0.4 is 4.74 Å². The standard InChI is InChI=1S/C17H29N3O3S2/c1-2-3-14-25(21,22)20-11-4-15(5-12-20)19-9-6-16(7-10-19)23-17-18-8-13-24-17/h8,13,15-16H,2-7,9-12,14H2,1H3. The van der Waals surface area contributed by atoms with E-state index in [1.54, 1.807) is 21.8 Å². The van der Waals surface area contributed by atoms with E-state index < -0.39 is 10.0 Å². The van der Waals surface area contributed by atoms with Crippen molar-refractivity contribution in [1.29, 1.82) is 0 Å². The quantitative estimate of drug-likeness (QED) is 0.720. The summed E-state index contributed by atoms with van der Waals surface area (Å²) in [6.45, 7) is 5.44. The molecule has 2 aliphatic rings. The maximum atomic E-state index is 12.3. The van der Waals surface area contributed by atoms with Gasteiger partial charge in [0, 0.05) is 43.8 Å². The maximum Gasteiger partial charge on any atom is 0.273 e. The second kappa shape index (κ2) is 8.79. The van der Waals surface area contributed by atoms with Crippen molar-refractivity contribution < 1.29 is 13.2 Å². The molecule has 25 heavy (non-hydrogen) atoms. The molecule has 1 aromatic heterocycles. The number of aromatic nitrogens is 1. The number of hydrogen-bond acceptors (Lipinski definition) is 6. The number of ether oxygens (including phenoxy) is 1. The normalized spacial score (nSPS) is 22.3. The van der Waals surface area contributed by atoms with Gasteiger partial charge in [-0.05, 0) is 32.1 Å². The number of sulfonamides is 1. The van der Waals surface area contributed by atoms with Crippen LogP contribution in [-0.2, 0) is 10.0 Å². The van der Waals surface area contributed by atoms with Crippen LogP contribution in [0.3, 0.4) is 0 Å². The van der Waals surface area contributed by atoms with E-state index in [0.29, 0.717) is 24.9 Å². The summed E-state index contributed by atoms with van der Waals surface area (Å²) in [5.74, 6) is 0.299. The lowest BCUT2D eigenvalue weighted by Gasteiger charge is -2.41. The fourth-order valence-corrected chi connectivity index (χ4v) is 5.94. The van der Waals surface area contributed by atoms with E-state index in [9.17, 15) is 8.42 Å². The zero-order chi connectivity index (χ0) is 17.7. The fourth-order valence-electron chi connectivity index (χ4n) is 3.71. The number of likely N-dealkylation sites (tertiary alicyclic amines) is 1. The van der Waals surface area contributed by atoms with Gasteiger partial charge in [-0.15, -0.1) is 0 Å². The van der Waals surface area contributed by atoms with Crippen LogP contribution in [0.2, 0.25) is 0 Å². The Morgan fingerprint density at radius 1 is 1.20 bits per heavy atom. The molecule has 0 saturated carbocycles. The van der Waals surface area contributed by atoms with E-state index in [-0.39, 0.29) is 6.10 Å². The Labute approximate surface area is 155 Å². The maximum absolute atomic E-state index is 12.3. The molecule has 8 heteroatoms. The average Bonchev–Trinajstić information content (AvgIpc) is 3.14. The van der Waals surface area contributed by atoms with Crippen LogP contribution in [0.4, 0.5) is 0 Å². The summed E-state index contributed by atoms with van der Waals surface area (Å²) >= 11 is 1.54. The van der Waals surface area contributed by atoms with Crippen molar-refractivity contribution in [3.8, 4) is 5.19 Å². The van der Waals surface area contributed by atoms with Gasteiger partial charge in [-0.1, -0.05) is 24.7 Å². The first-order valence-electron chi connectivity index (χ1n) is 9.36. The molecule has 0 radical (unpaired) electrons. The highest BCUT2D eigenvalue weighted by Crippen LogP contribution is 2.25. The van der Waals surface area contributed by atoms with Crippen molar-refractivity contribution in [2.75, 3.05) is 31.9 Å². The van der Waals surface area contributed by atoms with Crippen molar-refractivity contribution in [3.05, 3.63) is 11.6 Å². The zero-order valence-corrected chi connectivity index (χ0v) is 16.6. The molecule has 0 spiro atoms. The predicted octanol–water partition coefficient (Wildman–Crippen LogP) is 2.58. The number of unbranched alkanes of at least 4 members (excludes halogenated alkanes) is 1.